The van der Waals surface area contributed by atoms with E-state index < -0.39 is 18.0 Å². The van der Waals surface area contributed by atoms with E-state index in [-0.39, 0.29) is 5.88 Å². The Hall–Kier alpha value is -2.83. The first-order chi connectivity index (χ1) is 10.9. The number of aromatic nitrogens is 1. The quantitative estimate of drug-likeness (QED) is 0.851. The molecule has 1 atom stereocenters. The fraction of sp³-hybridized carbons (Fsp3) is 0.312. The van der Waals surface area contributed by atoms with Crippen LogP contribution < -0.4 is 10.2 Å². The first-order valence-electron chi connectivity index (χ1n) is 7.09. The number of aryl methyl sites for hydroxylation is 1. The molecule has 1 heterocycles. The van der Waals surface area contributed by atoms with Gasteiger partial charge < -0.3 is 14.2 Å². The summed E-state index contributed by atoms with van der Waals surface area (Å²) in [5.74, 6) is -0.839. The lowest BCUT2D eigenvalue weighted by molar-refractivity contribution is -0.123. The van der Waals surface area contributed by atoms with Gasteiger partial charge in [-0.3, -0.25) is 10.1 Å². The van der Waals surface area contributed by atoms with Crippen LogP contribution in [0.25, 0.3) is 0 Å². The number of amides is 1. The third-order valence-electron chi connectivity index (χ3n) is 3.13. The van der Waals surface area contributed by atoms with Gasteiger partial charge in [-0.05, 0) is 32.0 Å². The normalized spacial score (nSPS) is 11.7. The molecule has 0 unspecified atom stereocenters. The Morgan fingerprint density at radius 2 is 2.04 bits per heavy atom. The molecular weight excluding hydrogens is 298 g/mol. The monoisotopic (exact) mass is 317 g/mol. The zero-order valence-electron chi connectivity index (χ0n) is 13.5. The molecule has 1 amide bonds. The number of esters is 1. The predicted molar refractivity (Wildman–Crippen MR) is 85.5 cm³/mol. The van der Waals surface area contributed by atoms with E-state index in [0.717, 1.165) is 5.69 Å². The molecule has 0 aliphatic carbocycles. The second-order valence-electron chi connectivity index (χ2n) is 5.31. The van der Waals surface area contributed by atoms with Crippen LogP contribution in [0.5, 0.6) is 0 Å². The number of carbonyl (C=O) groups excluding carboxylic acids is 2. The minimum absolute atomic E-state index is 0.213. The molecule has 0 saturated heterocycles. The van der Waals surface area contributed by atoms with Gasteiger partial charge in [0.05, 0.1) is 11.3 Å². The molecule has 0 radical (unpaired) electrons. The summed E-state index contributed by atoms with van der Waals surface area (Å²) < 4.78 is 10.1. The second-order valence-corrected chi connectivity index (χ2v) is 5.31. The Morgan fingerprint density at radius 3 is 2.65 bits per heavy atom. The predicted octanol–water partition coefficient (Wildman–Crippen LogP) is 2.23. The summed E-state index contributed by atoms with van der Waals surface area (Å²) in [5, 5.41) is 6.16. The van der Waals surface area contributed by atoms with E-state index in [2.05, 4.69) is 10.5 Å². The maximum Gasteiger partial charge on any atom is 0.338 e. The van der Waals surface area contributed by atoms with Crippen LogP contribution in [0.2, 0.25) is 0 Å². The Morgan fingerprint density at radius 1 is 1.30 bits per heavy atom. The lowest BCUT2D eigenvalue weighted by Crippen LogP contribution is -2.29. The smallest absolute Gasteiger partial charge is 0.338 e. The van der Waals surface area contributed by atoms with Gasteiger partial charge in [0, 0.05) is 25.8 Å². The van der Waals surface area contributed by atoms with Crippen LogP contribution in [0.1, 0.15) is 23.0 Å². The van der Waals surface area contributed by atoms with Crippen molar-refractivity contribution in [2.75, 3.05) is 24.3 Å². The molecule has 7 heteroatoms. The van der Waals surface area contributed by atoms with Crippen molar-refractivity contribution in [3.05, 3.63) is 41.6 Å². The molecule has 23 heavy (non-hydrogen) atoms. The fourth-order valence-electron chi connectivity index (χ4n) is 1.84. The summed E-state index contributed by atoms with van der Waals surface area (Å²) in [5.41, 5.74) is 1.89. The van der Waals surface area contributed by atoms with Crippen molar-refractivity contribution in [3.63, 3.8) is 0 Å². The summed E-state index contributed by atoms with van der Waals surface area (Å²) >= 11 is 0. The van der Waals surface area contributed by atoms with Gasteiger partial charge in [0.1, 0.15) is 0 Å². The molecule has 0 aliphatic rings. The highest BCUT2D eigenvalue weighted by atomic mass is 16.5. The molecule has 1 aromatic heterocycles. The van der Waals surface area contributed by atoms with Crippen molar-refractivity contribution in [2.24, 2.45) is 0 Å². The van der Waals surface area contributed by atoms with E-state index >= 15 is 0 Å². The van der Waals surface area contributed by atoms with Gasteiger partial charge in [-0.15, -0.1) is 0 Å². The molecule has 0 bridgehead atoms. The van der Waals surface area contributed by atoms with Crippen LogP contribution in [0, 0.1) is 6.92 Å². The molecule has 1 aromatic carbocycles. The molecule has 2 rings (SSSR count). The number of hydrogen-bond acceptors (Lipinski definition) is 6. The van der Waals surface area contributed by atoms with E-state index in [9.17, 15) is 9.59 Å². The standard InChI is InChI=1S/C16H19N3O4/c1-10-8-14(23-18-10)17-15(20)11(2)22-16(21)12-6-5-7-13(9-12)19(3)4/h5-9,11H,1-4H3,(H,17,20)/t11-/m0/s1. The number of carbonyl (C=O) groups is 2. The number of rotatable bonds is 5. The average molecular weight is 317 g/mol. The van der Waals surface area contributed by atoms with Crippen molar-refractivity contribution >= 4 is 23.4 Å². The Bertz CT molecular complexity index is 709. The van der Waals surface area contributed by atoms with Crippen LogP contribution in [0.4, 0.5) is 11.6 Å². The van der Waals surface area contributed by atoms with Gasteiger partial charge in [0.2, 0.25) is 5.88 Å². The summed E-state index contributed by atoms with van der Waals surface area (Å²) in [6, 6.07) is 8.55. The number of hydrogen-bond donors (Lipinski definition) is 1. The van der Waals surface area contributed by atoms with E-state index in [1.807, 2.05) is 25.1 Å². The van der Waals surface area contributed by atoms with E-state index in [0.29, 0.717) is 11.3 Å². The molecule has 2 aromatic rings. The van der Waals surface area contributed by atoms with Gasteiger partial charge in [-0.1, -0.05) is 11.2 Å². The highest BCUT2D eigenvalue weighted by Gasteiger charge is 2.20. The maximum absolute atomic E-state index is 12.1. The largest absolute Gasteiger partial charge is 0.449 e. The molecule has 0 saturated carbocycles. The SMILES string of the molecule is Cc1cc(NC(=O)[C@H](C)OC(=O)c2cccc(N(C)C)c2)on1. The Kier molecular flexibility index (Phi) is 5.00. The summed E-state index contributed by atoms with van der Waals surface area (Å²) in [6.45, 7) is 3.23. The molecule has 0 aliphatic heterocycles. The van der Waals surface area contributed by atoms with Crippen molar-refractivity contribution < 1.29 is 18.8 Å². The highest BCUT2D eigenvalue weighted by Crippen LogP contribution is 2.15. The van der Waals surface area contributed by atoms with Crippen LogP contribution in [-0.2, 0) is 9.53 Å². The first kappa shape index (κ1) is 16.5. The minimum atomic E-state index is -0.962. The number of nitrogens with zero attached hydrogens (tertiary/aromatic N) is 2. The second kappa shape index (κ2) is 6.95. The molecule has 0 spiro atoms. The van der Waals surface area contributed by atoms with Crippen LogP contribution in [-0.4, -0.2) is 37.2 Å². The van der Waals surface area contributed by atoms with E-state index in [1.54, 1.807) is 31.2 Å². The number of benzene rings is 1. The minimum Gasteiger partial charge on any atom is -0.449 e. The lowest BCUT2D eigenvalue weighted by Gasteiger charge is -2.15. The zero-order valence-corrected chi connectivity index (χ0v) is 13.5. The van der Waals surface area contributed by atoms with Gasteiger partial charge in [-0.25, -0.2) is 4.79 Å². The van der Waals surface area contributed by atoms with Crippen LogP contribution >= 0.6 is 0 Å². The van der Waals surface area contributed by atoms with Gasteiger partial charge >= 0.3 is 5.97 Å². The number of ether oxygens (including phenoxy) is 1. The summed E-state index contributed by atoms with van der Waals surface area (Å²) in [4.78, 5) is 26.0. The fourth-order valence-corrected chi connectivity index (χ4v) is 1.84. The average Bonchev–Trinajstić information content (AvgIpc) is 2.92. The van der Waals surface area contributed by atoms with Crippen LogP contribution in [0.15, 0.2) is 34.9 Å². The number of nitrogens with one attached hydrogen (secondary N) is 1. The molecule has 1 N–H and O–H groups in total. The van der Waals surface area contributed by atoms with Crippen molar-refractivity contribution in [1.82, 2.24) is 5.16 Å². The molecule has 7 nitrogen and oxygen atoms in total. The highest BCUT2D eigenvalue weighted by molar-refractivity contribution is 5.97. The zero-order chi connectivity index (χ0) is 17.0. The van der Waals surface area contributed by atoms with Crippen molar-refractivity contribution in [1.29, 1.82) is 0 Å². The summed E-state index contributed by atoms with van der Waals surface area (Å²) in [6.07, 6.45) is -0.962. The van der Waals surface area contributed by atoms with Gasteiger partial charge in [0.25, 0.3) is 5.91 Å². The van der Waals surface area contributed by atoms with Gasteiger partial charge in [-0.2, -0.15) is 0 Å². The Labute approximate surface area is 134 Å². The molecular formula is C16H19N3O4. The molecule has 122 valence electrons. The third kappa shape index (κ3) is 4.32. The van der Waals surface area contributed by atoms with E-state index in [1.165, 1.54) is 6.92 Å². The Balaban J connectivity index is 1.98. The number of anilines is 2. The first-order valence-corrected chi connectivity index (χ1v) is 7.09. The topological polar surface area (TPSA) is 84.7 Å². The third-order valence-corrected chi connectivity index (χ3v) is 3.13. The van der Waals surface area contributed by atoms with Crippen molar-refractivity contribution in [2.45, 2.75) is 20.0 Å². The summed E-state index contributed by atoms with van der Waals surface area (Å²) in [7, 11) is 3.75. The van der Waals surface area contributed by atoms with Crippen molar-refractivity contribution in [3.8, 4) is 0 Å². The maximum atomic E-state index is 12.1. The lowest BCUT2D eigenvalue weighted by atomic mass is 10.2. The van der Waals surface area contributed by atoms with Crippen LogP contribution in [0.3, 0.4) is 0 Å². The van der Waals surface area contributed by atoms with E-state index in [4.69, 9.17) is 9.26 Å². The van der Waals surface area contributed by atoms with Gasteiger partial charge in [0.15, 0.2) is 6.10 Å². The molecule has 0 fully saturated rings.